The highest BCUT2D eigenvalue weighted by Crippen LogP contribution is 2.05. The van der Waals surface area contributed by atoms with E-state index in [4.69, 9.17) is 4.74 Å². The summed E-state index contributed by atoms with van der Waals surface area (Å²) in [5.74, 6) is 0.169. The maximum absolute atomic E-state index is 10.9. The molecule has 0 spiro atoms. The molecule has 4 nitrogen and oxygen atoms in total. The summed E-state index contributed by atoms with van der Waals surface area (Å²) in [4.78, 5) is 10.9. The number of hydrogen-bond acceptors (Lipinski definition) is 3. The van der Waals surface area contributed by atoms with Gasteiger partial charge in [0.05, 0.1) is 6.61 Å². The molecule has 1 saturated heterocycles. The van der Waals surface area contributed by atoms with E-state index in [0.29, 0.717) is 18.5 Å². The quantitative estimate of drug-likeness (QED) is 0.670. The maximum atomic E-state index is 10.9. The van der Waals surface area contributed by atoms with Gasteiger partial charge in [-0.2, -0.15) is 0 Å². The van der Waals surface area contributed by atoms with Crippen LogP contribution < -0.4 is 10.6 Å². The van der Waals surface area contributed by atoms with Crippen LogP contribution in [0.3, 0.4) is 0 Å². The standard InChI is InChI=1S/C10H20N2O2/c1-3-8(7-14-2)12-9-4-5-10(13)11-6-9/h8-9,12H,3-7H2,1-2H3,(H,11,13). The Morgan fingerprint density at radius 3 is 3.00 bits per heavy atom. The molecule has 1 amide bonds. The number of piperidine rings is 1. The fourth-order valence-corrected chi connectivity index (χ4v) is 1.69. The van der Waals surface area contributed by atoms with Crippen LogP contribution in [0.4, 0.5) is 0 Å². The summed E-state index contributed by atoms with van der Waals surface area (Å²) < 4.78 is 5.11. The highest BCUT2D eigenvalue weighted by atomic mass is 16.5. The summed E-state index contributed by atoms with van der Waals surface area (Å²) in [6.45, 7) is 3.62. The number of amides is 1. The number of hydrogen-bond donors (Lipinski definition) is 2. The van der Waals surface area contributed by atoms with E-state index in [-0.39, 0.29) is 5.91 Å². The number of rotatable bonds is 5. The van der Waals surface area contributed by atoms with Gasteiger partial charge in [-0.05, 0) is 12.8 Å². The van der Waals surface area contributed by atoms with Crippen LogP contribution in [-0.2, 0) is 9.53 Å². The molecule has 0 aromatic carbocycles. The fourth-order valence-electron chi connectivity index (χ4n) is 1.69. The molecule has 0 saturated carbocycles. The van der Waals surface area contributed by atoms with Crippen LogP contribution in [0.25, 0.3) is 0 Å². The molecular formula is C10H20N2O2. The van der Waals surface area contributed by atoms with Crippen LogP contribution in [0.1, 0.15) is 26.2 Å². The molecule has 2 atom stereocenters. The molecule has 1 heterocycles. The van der Waals surface area contributed by atoms with Gasteiger partial charge in [0.1, 0.15) is 0 Å². The molecule has 2 unspecified atom stereocenters. The molecule has 0 aliphatic carbocycles. The normalized spacial score (nSPS) is 24.4. The van der Waals surface area contributed by atoms with Crippen molar-refractivity contribution in [3.05, 3.63) is 0 Å². The SMILES string of the molecule is CCC(COC)NC1CCC(=O)NC1. The lowest BCUT2D eigenvalue weighted by molar-refractivity contribution is -0.122. The van der Waals surface area contributed by atoms with Crippen LogP contribution in [0, 0.1) is 0 Å². The van der Waals surface area contributed by atoms with Crippen LogP contribution in [-0.4, -0.2) is 38.3 Å². The molecule has 0 aromatic rings. The fraction of sp³-hybridized carbons (Fsp3) is 0.900. The van der Waals surface area contributed by atoms with Crippen molar-refractivity contribution in [3.63, 3.8) is 0 Å². The van der Waals surface area contributed by atoms with Gasteiger partial charge in [0.25, 0.3) is 0 Å². The van der Waals surface area contributed by atoms with E-state index in [1.54, 1.807) is 7.11 Å². The van der Waals surface area contributed by atoms with E-state index in [1.165, 1.54) is 0 Å². The topological polar surface area (TPSA) is 50.4 Å². The summed E-state index contributed by atoms with van der Waals surface area (Å²) in [6, 6.07) is 0.813. The van der Waals surface area contributed by atoms with Gasteiger partial charge < -0.3 is 15.4 Å². The van der Waals surface area contributed by atoms with Gasteiger partial charge in [0.2, 0.25) is 5.91 Å². The Balaban J connectivity index is 2.24. The van der Waals surface area contributed by atoms with Crippen molar-refractivity contribution < 1.29 is 9.53 Å². The number of methoxy groups -OCH3 is 1. The van der Waals surface area contributed by atoms with Crippen molar-refractivity contribution in [1.29, 1.82) is 0 Å². The molecule has 82 valence electrons. The highest BCUT2D eigenvalue weighted by molar-refractivity contribution is 5.76. The van der Waals surface area contributed by atoms with E-state index in [1.807, 2.05) is 0 Å². The zero-order valence-corrected chi connectivity index (χ0v) is 9.01. The number of nitrogens with one attached hydrogen (secondary N) is 2. The molecule has 1 aliphatic rings. The van der Waals surface area contributed by atoms with Crippen molar-refractivity contribution in [3.8, 4) is 0 Å². The Labute approximate surface area is 85.4 Å². The van der Waals surface area contributed by atoms with Crippen molar-refractivity contribution in [2.24, 2.45) is 0 Å². The minimum Gasteiger partial charge on any atom is -0.383 e. The molecule has 1 aliphatic heterocycles. The van der Waals surface area contributed by atoms with Crippen molar-refractivity contribution in [2.75, 3.05) is 20.3 Å². The Morgan fingerprint density at radius 1 is 1.71 bits per heavy atom. The molecular weight excluding hydrogens is 180 g/mol. The van der Waals surface area contributed by atoms with E-state index >= 15 is 0 Å². The lowest BCUT2D eigenvalue weighted by Crippen LogP contribution is -2.50. The van der Waals surface area contributed by atoms with Crippen LogP contribution >= 0.6 is 0 Å². The van der Waals surface area contributed by atoms with Gasteiger partial charge in [-0.25, -0.2) is 0 Å². The third-order valence-corrected chi connectivity index (χ3v) is 2.60. The number of ether oxygens (including phenoxy) is 1. The van der Waals surface area contributed by atoms with Crippen LogP contribution in [0.2, 0.25) is 0 Å². The third-order valence-electron chi connectivity index (χ3n) is 2.60. The third kappa shape index (κ3) is 3.64. The van der Waals surface area contributed by atoms with Gasteiger partial charge in [-0.1, -0.05) is 6.92 Å². The first kappa shape index (κ1) is 11.5. The van der Waals surface area contributed by atoms with Crippen LogP contribution in [0.5, 0.6) is 0 Å². The first-order valence-electron chi connectivity index (χ1n) is 5.28. The van der Waals surface area contributed by atoms with Crippen molar-refractivity contribution in [2.45, 2.75) is 38.3 Å². The molecule has 0 radical (unpaired) electrons. The van der Waals surface area contributed by atoms with E-state index in [9.17, 15) is 4.79 Å². The number of carbonyl (C=O) groups excluding carboxylic acids is 1. The molecule has 14 heavy (non-hydrogen) atoms. The monoisotopic (exact) mass is 200 g/mol. The molecule has 1 fully saturated rings. The van der Waals surface area contributed by atoms with Gasteiger partial charge >= 0.3 is 0 Å². The molecule has 0 aromatic heterocycles. The molecule has 4 heteroatoms. The molecule has 1 rings (SSSR count). The van der Waals surface area contributed by atoms with Crippen LogP contribution in [0.15, 0.2) is 0 Å². The lowest BCUT2D eigenvalue weighted by Gasteiger charge is -2.27. The Morgan fingerprint density at radius 2 is 2.50 bits per heavy atom. The van der Waals surface area contributed by atoms with Crippen molar-refractivity contribution in [1.82, 2.24) is 10.6 Å². The second kappa shape index (κ2) is 5.98. The zero-order valence-electron chi connectivity index (χ0n) is 9.01. The molecule has 0 bridgehead atoms. The summed E-state index contributed by atoms with van der Waals surface area (Å²) in [5, 5.41) is 6.35. The summed E-state index contributed by atoms with van der Waals surface area (Å²) >= 11 is 0. The largest absolute Gasteiger partial charge is 0.383 e. The second-order valence-electron chi connectivity index (χ2n) is 3.77. The summed E-state index contributed by atoms with van der Waals surface area (Å²) in [5.41, 5.74) is 0. The van der Waals surface area contributed by atoms with E-state index in [2.05, 4.69) is 17.6 Å². The summed E-state index contributed by atoms with van der Waals surface area (Å²) in [6.07, 6.45) is 2.63. The van der Waals surface area contributed by atoms with Gasteiger partial charge in [0.15, 0.2) is 0 Å². The molecule has 2 N–H and O–H groups in total. The first-order valence-corrected chi connectivity index (χ1v) is 5.28. The first-order chi connectivity index (χ1) is 6.76. The zero-order chi connectivity index (χ0) is 10.4. The second-order valence-corrected chi connectivity index (χ2v) is 3.77. The average molecular weight is 200 g/mol. The average Bonchev–Trinajstić information content (AvgIpc) is 2.20. The smallest absolute Gasteiger partial charge is 0.220 e. The lowest BCUT2D eigenvalue weighted by atomic mass is 10.1. The Kier molecular flexibility index (Phi) is 4.90. The highest BCUT2D eigenvalue weighted by Gasteiger charge is 2.19. The predicted molar refractivity (Wildman–Crippen MR) is 55.1 cm³/mol. The van der Waals surface area contributed by atoms with Gasteiger partial charge in [0, 0.05) is 32.2 Å². The van der Waals surface area contributed by atoms with Gasteiger partial charge in [-0.3, -0.25) is 4.79 Å². The van der Waals surface area contributed by atoms with E-state index < -0.39 is 0 Å². The predicted octanol–water partition coefficient (Wildman–Crippen LogP) is 0.280. The van der Waals surface area contributed by atoms with Crippen molar-refractivity contribution >= 4 is 5.91 Å². The minimum absolute atomic E-state index is 0.169. The van der Waals surface area contributed by atoms with Gasteiger partial charge in [-0.15, -0.1) is 0 Å². The maximum Gasteiger partial charge on any atom is 0.220 e. The number of carbonyl (C=O) groups is 1. The summed E-state index contributed by atoms with van der Waals surface area (Å²) in [7, 11) is 1.72. The van der Waals surface area contributed by atoms with E-state index in [0.717, 1.165) is 26.0 Å². The Bertz CT molecular complexity index is 175. The minimum atomic E-state index is 0.169. The Hall–Kier alpha value is -0.610.